The second-order valence-electron chi connectivity index (χ2n) is 7.47. The quantitative estimate of drug-likeness (QED) is 0.309. The van der Waals surface area contributed by atoms with Gasteiger partial charge in [-0.2, -0.15) is 5.10 Å². The number of hydrazone groups is 1. The fourth-order valence-corrected chi connectivity index (χ4v) is 4.26. The highest BCUT2D eigenvalue weighted by molar-refractivity contribution is 9.10. The first kappa shape index (κ1) is 22.5. The number of oxime groups is 1. The fourth-order valence-electron chi connectivity index (χ4n) is 3.57. The Hall–Kier alpha value is -2.65. The van der Waals surface area contributed by atoms with Crippen molar-refractivity contribution in [2.45, 2.75) is 38.7 Å². The van der Waals surface area contributed by atoms with Gasteiger partial charge < -0.3 is 14.4 Å². The van der Waals surface area contributed by atoms with E-state index >= 15 is 0 Å². The van der Waals surface area contributed by atoms with Gasteiger partial charge >= 0.3 is 0 Å². The first-order valence-corrected chi connectivity index (χ1v) is 11.8. The molecule has 4 rings (SSSR count). The van der Waals surface area contributed by atoms with E-state index in [9.17, 15) is 9.90 Å². The van der Waals surface area contributed by atoms with Crippen LogP contribution in [0.3, 0.4) is 0 Å². The Morgan fingerprint density at radius 2 is 1.97 bits per heavy atom. The van der Waals surface area contributed by atoms with Crippen LogP contribution in [0, 0.1) is 0 Å². The zero-order valence-electron chi connectivity index (χ0n) is 17.3. The van der Waals surface area contributed by atoms with Crippen molar-refractivity contribution in [1.29, 1.82) is 0 Å². The van der Waals surface area contributed by atoms with Crippen LogP contribution in [0.2, 0.25) is 0 Å². The van der Waals surface area contributed by atoms with Gasteiger partial charge in [-0.05, 0) is 65.9 Å². The van der Waals surface area contributed by atoms with Crippen molar-refractivity contribution in [3.05, 3.63) is 61.7 Å². The van der Waals surface area contributed by atoms with E-state index in [2.05, 4.69) is 47.5 Å². The summed E-state index contributed by atoms with van der Waals surface area (Å²) in [6, 6.07) is 9.27. The molecule has 1 amide bonds. The summed E-state index contributed by atoms with van der Waals surface area (Å²) in [6.07, 6.45) is 6.03. The molecule has 1 aliphatic carbocycles. The molecule has 0 saturated carbocycles. The molecule has 1 aliphatic rings. The summed E-state index contributed by atoms with van der Waals surface area (Å²) >= 11 is 6.73. The van der Waals surface area contributed by atoms with Crippen molar-refractivity contribution in [3.63, 3.8) is 0 Å². The number of hydrogen-bond acceptors (Lipinski definition) is 6. The van der Waals surface area contributed by atoms with Crippen LogP contribution in [0.15, 0.2) is 54.0 Å². The van der Waals surface area contributed by atoms with E-state index in [-0.39, 0.29) is 5.75 Å². The molecule has 9 heteroatoms. The minimum atomic E-state index is -0.850. The van der Waals surface area contributed by atoms with Crippen LogP contribution in [-0.4, -0.2) is 29.5 Å². The molecule has 3 aromatic rings. The third-order valence-corrected chi connectivity index (χ3v) is 6.37. The maximum atomic E-state index is 12.3. The van der Waals surface area contributed by atoms with E-state index in [0.717, 1.165) is 52.4 Å². The van der Waals surface area contributed by atoms with Gasteiger partial charge in [-0.1, -0.05) is 33.2 Å². The summed E-state index contributed by atoms with van der Waals surface area (Å²) in [5, 5.41) is 19.3. The number of nitrogens with zero attached hydrogens (tertiary/aromatic N) is 2. The van der Waals surface area contributed by atoms with Gasteiger partial charge in [0, 0.05) is 27.4 Å². The number of aryl methyl sites for hydroxylation is 2. The van der Waals surface area contributed by atoms with E-state index in [4.69, 9.17) is 9.25 Å². The highest BCUT2D eigenvalue weighted by atomic mass is 79.9. The fraction of sp³-hybridized carbons (Fsp3) is 0.261. The summed E-state index contributed by atoms with van der Waals surface area (Å²) < 4.78 is 7.46. The van der Waals surface area contributed by atoms with E-state index in [0.29, 0.717) is 15.6 Å². The van der Waals surface area contributed by atoms with Crippen molar-refractivity contribution in [3.8, 4) is 5.75 Å². The number of halogens is 2. The number of furan rings is 1. The Kier molecular flexibility index (Phi) is 6.95. The van der Waals surface area contributed by atoms with Crippen molar-refractivity contribution < 1.29 is 19.2 Å². The maximum Gasteiger partial charge on any atom is 0.283 e. The third-order valence-electron chi connectivity index (χ3n) is 5.24. The summed E-state index contributed by atoms with van der Waals surface area (Å²) in [5.41, 5.74) is 5.57. The van der Waals surface area contributed by atoms with Crippen molar-refractivity contribution >= 4 is 61.2 Å². The molecule has 0 radical (unpaired) electrons. The smallest absolute Gasteiger partial charge is 0.283 e. The molecule has 0 spiro atoms. The van der Waals surface area contributed by atoms with Gasteiger partial charge in [0.2, 0.25) is 6.10 Å². The van der Waals surface area contributed by atoms with Crippen LogP contribution in [0.5, 0.6) is 5.75 Å². The van der Waals surface area contributed by atoms with E-state index in [1.807, 2.05) is 24.3 Å². The standard InChI is InChI=1S/C23H21Br2N3O4/c1-13(32-27-11-14-6-8-15(24)9-7-14)23(30)28-26-12-17-21-16-4-2-3-5-19(16)31-20(21)10-18(25)22(17)29/h6-13,29H,2-5H2,1H3,(H,28,30)/b26-12-,27-11+/t13-/m0/s1. The molecule has 2 aromatic carbocycles. The average molecular weight is 563 g/mol. The number of aromatic hydroxyl groups is 1. The van der Waals surface area contributed by atoms with Gasteiger partial charge in [-0.25, -0.2) is 5.43 Å². The molecule has 1 heterocycles. The largest absolute Gasteiger partial charge is 0.506 e. The summed E-state index contributed by atoms with van der Waals surface area (Å²) in [7, 11) is 0. The molecule has 1 atom stereocenters. The molecule has 0 fully saturated rings. The Bertz CT molecular complexity index is 1200. The lowest BCUT2D eigenvalue weighted by Gasteiger charge is -2.10. The molecule has 0 unspecified atom stereocenters. The normalized spacial score (nSPS) is 14.7. The highest BCUT2D eigenvalue weighted by Crippen LogP contribution is 2.40. The summed E-state index contributed by atoms with van der Waals surface area (Å²) in [6.45, 7) is 1.57. The lowest BCUT2D eigenvalue weighted by atomic mass is 9.94. The van der Waals surface area contributed by atoms with Crippen LogP contribution in [-0.2, 0) is 22.5 Å². The third kappa shape index (κ3) is 4.88. The minimum Gasteiger partial charge on any atom is -0.506 e. The lowest BCUT2D eigenvalue weighted by molar-refractivity contribution is -0.131. The number of carbonyl (C=O) groups excluding carboxylic acids is 1. The Morgan fingerprint density at radius 3 is 2.75 bits per heavy atom. The number of phenolic OH excluding ortho intramolecular Hbond substituents is 1. The number of carbonyl (C=O) groups is 1. The predicted octanol–water partition coefficient (Wildman–Crippen LogP) is 5.43. The molecular formula is C23H21Br2N3O4. The number of fused-ring (bicyclic) bond motifs is 3. The number of benzene rings is 2. The molecular weight excluding hydrogens is 542 g/mol. The molecule has 1 aromatic heterocycles. The Morgan fingerprint density at radius 1 is 1.22 bits per heavy atom. The van der Waals surface area contributed by atoms with Gasteiger partial charge in [0.25, 0.3) is 5.91 Å². The Balaban J connectivity index is 1.45. The van der Waals surface area contributed by atoms with Gasteiger partial charge in [0.15, 0.2) is 0 Å². The first-order chi connectivity index (χ1) is 15.4. The van der Waals surface area contributed by atoms with Crippen LogP contribution >= 0.6 is 31.9 Å². The number of hydrogen-bond donors (Lipinski definition) is 2. The zero-order valence-corrected chi connectivity index (χ0v) is 20.4. The van der Waals surface area contributed by atoms with E-state index in [1.54, 1.807) is 13.0 Å². The van der Waals surface area contributed by atoms with Crippen LogP contribution in [0.25, 0.3) is 11.0 Å². The molecule has 32 heavy (non-hydrogen) atoms. The predicted molar refractivity (Wildman–Crippen MR) is 130 cm³/mol. The molecule has 0 aliphatic heterocycles. The summed E-state index contributed by atoms with van der Waals surface area (Å²) in [5.74, 6) is 0.537. The molecule has 7 nitrogen and oxygen atoms in total. The Labute approximate surface area is 201 Å². The van der Waals surface area contributed by atoms with Crippen LogP contribution in [0.4, 0.5) is 0 Å². The SMILES string of the molecule is C[C@H](O/N=C/c1ccc(Br)cc1)C(=O)N/N=C\c1c(O)c(Br)cc2oc3c(c12)CCCC3. The average Bonchev–Trinajstić information content (AvgIpc) is 3.15. The van der Waals surface area contributed by atoms with Crippen molar-refractivity contribution in [2.24, 2.45) is 10.3 Å². The molecule has 2 N–H and O–H groups in total. The number of nitrogens with one attached hydrogen (secondary N) is 1. The lowest BCUT2D eigenvalue weighted by Crippen LogP contribution is -2.30. The van der Waals surface area contributed by atoms with Crippen molar-refractivity contribution in [2.75, 3.05) is 0 Å². The molecule has 166 valence electrons. The topological polar surface area (TPSA) is 96.4 Å². The van der Waals surface area contributed by atoms with Gasteiger partial charge in [-0.3, -0.25) is 4.79 Å². The van der Waals surface area contributed by atoms with Crippen LogP contribution in [0.1, 0.15) is 42.2 Å². The second kappa shape index (κ2) is 9.87. The highest BCUT2D eigenvalue weighted by Gasteiger charge is 2.23. The van der Waals surface area contributed by atoms with Gasteiger partial charge in [0.1, 0.15) is 17.1 Å². The van der Waals surface area contributed by atoms with Gasteiger partial charge in [0.05, 0.1) is 16.9 Å². The monoisotopic (exact) mass is 561 g/mol. The maximum absolute atomic E-state index is 12.3. The number of amides is 1. The zero-order chi connectivity index (χ0) is 22.7. The van der Waals surface area contributed by atoms with Crippen LogP contribution < -0.4 is 5.43 Å². The van der Waals surface area contributed by atoms with E-state index in [1.165, 1.54) is 12.4 Å². The van der Waals surface area contributed by atoms with Crippen molar-refractivity contribution in [1.82, 2.24) is 5.43 Å². The number of rotatable bonds is 6. The molecule has 0 saturated heterocycles. The van der Waals surface area contributed by atoms with E-state index < -0.39 is 12.0 Å². The second-order valence-corrected chi connectivity index (χ2v) is 9.24. The first-order valence-electron chi connectivity index (χ1n) is 10.2. The summed E-state index contributed by atoms with van der Waals surface area (Å²) in [4.78, 5) is 17.5. The minimum absolute atomic E-state index is 0.0491. The molecule has 0 bridgehead atoms. The number of phenols is 1. The van der Waals surface area contributed by atoms with Gasteiger partial charge in [-0.15, -0.1) is 0 Å².